The molecule has 8 nitrogen and oxygen atoms in total. The number of benzene rings is 1. The predicted molar refractivity (Wildman–Crippen MR) is 79.0 cm³/mol. The summed E-state index contributed by atoms with van der Waals surface area (Å²) < 4.78 is 25.1. The highest BCUT2D eigenvalue weighted by atomic mass is 32.2. The predicted octanol–water partition coefficient (Wildman–Crippen LogP) is 0.0382. The van der Waals surface area contributed by atoms with Crippen molar-refractivity contribution in [1.29, 1.82) is 0 Å². The van der Waals surface area contributed by atoms with Crippen LogP contribution in [0, 0.1) is 0 Å². The first-order valence-electron chi connectivity index (χ1n) is 6.45. The van der Waals surface area contributed by atoms with Crippen LogP contribution in [-0.4, -0.2) is 40.1 Å². The molecule has 9 heteroatoms. The van der Waals surface area contributed by atoms with Crippen molar-refractivity contribution in [2.24, 2.45) is 0 Å². The van der Waals surface area contributed by atoms with E-state index in [0.717, 1.165) is 0 Å². The minimum atomic E-state index is -3.06. The minimum absolute atomic E-state index is 0.0236. The summed E-state index contributed by atoms with van der Waals surface area (Å²) in [4.78, 5) is 0. The van der Waals surface area contributed by atoms with Crippen molar-refractivity contribution in [3.05, 3.63) is 18.2 Å². The summed E-state index contributed by atoms with van der Waals surface area (Å²) in [5, 5.41) is 11.7. The highest BCUT2D eigenvalue weighted by molar-refractivity contribution is 7.91. The zero-order valence-corrected chi connectivity index (χ0v) is 12.3. The molecule has 1 fully saturated rings. The number of aromatic nitrogens is 4. The third-order valence-electron chi connectivity index (χ3n) is 3.70. The van der Waals surface area contributed by atoms with Gasteiger partial charge in [0.1, 0.15) is 0 Å². The zero-order valence-electron chi connectivity index (χ0n) is 11.5. The fourth-order valence-electron chi connectivity index (χ4n) is 2.70. The Morgan fingerprint density at radius 2 is 1.90 bits per heavy atom. The molecule has 1 aromatic heterocycles. The summed E-state index contributed by atoms with van der Waals surface area (Å²) in [7, 11) is -3.06. The van der Waals surface area contributed by atoms with E-state index in [4.69, 9.17) is 11.5 Å². The molecule has 0 amide bonds. The Morgan fingerprint density at radius 1 is 1.24 bits per heavy atom. The summed E-state index contributed by atoms with van der Waals surface area (Å²) in [5.74, 6) is 0.631. The topological polar surface area (TPSA) is 130 Å². The lowest BCUT2D eigenvalue weighted by atomic mass is 10.0. The van der Waals surface area contributed by atoms with E-state index < -0.39 is 15.4 Å². The van der Waals surface area contributed by atoms with Gasteiger partial charge in [0.2, 0.25) is 0 Å². The molecule has 2 heterocycles. The number of nitrogens with zero attached hydrogens (tertiary/aromatic N) is 4. The van der Waals surface area contributed by atoms with Gasteiger partial charge in [-0.25, -0.2) is 13.1 Å². The number of hydrogen-bond donors (Lipinski definition) is 2. The quantitative estimate of drug-likeness (QED) is 0.749. The number of tetrazole rings is 1. The molecule has 0 radical (unpaired) electrons. The maximum Gasteiger partial charge on any atom is 0.182 e. The largest absolute Gasteiger partial charge is 0.399 e. The van der Waals surface area contributed by atoms with E-state index in [0.29, 0.717) is 29.2 Å². The molecular formula is C12H16N6O2S. The lowest BCUT2D eigenvalue weighted by molar-refractivity contribution is 0.325. The average molecular weight is 308 g/mol. The molecule has 2 aromatic rings. The Hall–Kier alpha value is -2.16. The standard InChI is InChI=1S/C12H16N6O2S/c1-12(2-3-21(19,20)7-12)18-11(15-16-17-18)8-4-9(13)6-10(14)5-8/h4-6H,2-3,7,13-14H2,1H3. The molecule has 4 N–H and O–H groups in total. The Bertz CT molecular complexity index is 780. The lowest BCUT2D eigenvalue weighted by Gasteiger charge is -2.23. The van der Waals surface area contributed by atoms with E-state index in [2.05, 4.69) is 15.5 Å². The van der Waals surface area contributed by atoms with Crippen LogP contribution in [0.2, 0.25) is 0 Å². The normalized spacial score (nSPS) is 24.2. The molecule has 1 unspecified atom stereocenters. The van der Waals surface area contributed by atoms with E-state index in [1.54, 1.807) is 22.9 Å². The Kier molecular flexibility index (Phi) is 2.90. The third kappa shape index (κ3) is 2.44. The fraction of sp³-hybridized carbons (Fsp3) is 0.417. The molecule has 3 rings (SSSR count). The maximum absolute atomic E-state index is 11.8. The van der Waals surface area contributed by atoms with Gasteiger partial charge < -0.3 is 11.5 Å². The molecule has 1 saturated heterocycles. The molecule has 1 aliphatic heterocycles. The maximum atomic E-state index is 11.8. The van der Waals surface area contributed by atoms with Crippen LogP contribution in [0.25, 0.3) is 11.4 Å². The minimum Gasteiger partial charge on any atom is -0.399 e. The van der Waals surface area contributed by atoms with Gasteiger partial charge in [-0.15, -0.1) is 5.10 Å². The van der Waals surface area contributed by atoms with Gasteiger partial charge in [-0.2, -0.15) is 0 Å². The lowest BCUT2D eigenvalue weighted by Crippen LogP contribution is -2.33. The van der Waals surface area contributed by atoms with E-state index >= 15 is 0 Å². The summed E-state index contributed by atoms with van der Waals surface area (Å²) in [6.45, 7) is 1.84. The Balaban J connectivity index is 2.10. The number of sulfone groups is 1. The first-order valence-corrected chi connectivity index (χ1v) is 8.27. The van der Waals surface area contributed by atoms with Gasteiger partial charge in [-0.05, 0) is 42.0 Å². The molecule has 1 aromatic carbocycles. The number of nitrogens with two attached hydrogens (primary N) is 2. The van der Waals surface area contributed by atoms with Crippen LogP contribution in [0.5, 0.6) is 0 Å². The second-order valence-electron chi connectivity index (χ2n) is 5.64. The van der Waals surface area contributed by atoms with Gasteiger partial charge in [0.05, 0.1) is 17.0 Å². The highest BCUT2D eigenvalue weighted by Gasteiger charge is 2.42. The van der Waals surface area contributed by atoms with Crippen LogP contribution < -0.4 is 11.5 Å². The van der Waals surface area contributed by atoms with Crippen LogP contribution >= 0.6 is 0 Å². The van der Waals surface area contributed by atoms with Crippen molar-refractivity contribution in [3.8, 4) is 11.4 Å². The SMILES string of the molecule is CC1(n2nnnc2-c2cc(N)cc(N)c2)CCS(=O)(=O)C1. The Morgan fingerprint density at radius 3 is 2.48 bits per heavy atom. The van der Waals surface area contributed by atoms with Crippen molar-refractivity contribution in [2.45, 2.75) is 18.9 Å². The summed E-state index contributed by atoms with van der Waals surface area (Å²) >= 11 is 0. The van der Waals surface area contributed by atoms with E-state index in [1.807, 2.05) is 6.92 Å². The van der Waals surface area contributed by atoms with Crippen molar-refractivity contribution in [1.82, 2.24) is 20.2 Å². The van der Waals surface area contributed by atoms with Crippen LogP contribution in [0.15, 0.2) is 18.2 Å². The van der Waals surface area contributed by atoms with Gasteiger partial charge >= 0.3 is 0 Å². The van der Waals surface area contributed by atoms with Crippen LogP contribution in [0.3, 0.4) is 0 Å². The molecule has 21 heavy (non-hydrogen) atoms. The van der Waals surface area contributed by atoms with Gasteiger partial charge in [0.25, 0.3) is 0 Å². The molecule has 0 spiro atoms. The monoisotopic (exact) mass is 308 g/mol. The second kappa shape index (κ2) is 4.42. The highest BCUT2D eigenvalue weighted by Crippen LogP contribution is 2.33. The zero-order chi connectivity index (χ0) is 15.3. The summed E-state index contributed by atoms with van der Waals surface area (Å²) in [5.41, 5.74) is 12.6. The van der Waals surface area contributed by atoms with Crippen LogP contribution in [-0.2, 0) is 15.4 Å². The van der Waals surface area contributed by atoms with Crippen LogP contribution in [0.4, 0.5) is 11.4 Å². The number of hydrogen-bond acceptors (Lipinski definition) is 7. The molecule has 0 bridgehead atoms. The van der Waals surface area contributed by atoms with Crippen LogP contribution in [0.1, 0.15) is 13.3 Å². The van der Waals surface area contributed by atoms with Gasteiger partial charge in [0, 0.05) is 16.9 Å². The molecule has 0 aliphatic carbocycles. The number of anilines is 2. The first-order chi connectivity index (χ1) is 9.79. The van der Waals surface area contributed by atoms with Gasteiger partial charge in [0.15, 0.2) is 15.7 Å². The first kappa shape index (κ1) is 13.8. The van der Waals surface area contributed by atoms with E-state index in [-0.39, 0.29) is 11.5 Å². The molecule has 0 saturated carbocycles. The fourth-order valence-corrected chi connectivity index (χ4v) is 4.81. The van der Waals surface area contributed by atoms with Gasteiger partial charge in [-0.3, -0.25) is 0 Å². The molecule has 1 atom stereocenters. The Labute approximate surface area is 122 Å². The molecule has 112 valence electrons. The summed E-state index contributed by atoms with van der Waals surface area (Å²) in [6, 6.07) is 5.07. The molecular weight excluding hydrogens is 292 g/mol. The summed E-state index contributed by atoms with van der Waals surface area (Å²) in [6.07, 6.45) is 0.477. The van der Waals surface area contributed by atoms with E-state index in [9.17, 15) is 8.42 Å². The third-order valence-corrected chi connectivity index (χ3v) is 5.59. The smallest absolute Gasteiger partial charge is 0.182 e. The van der Waals surface area contributed by atoms with E-state index in [1.165, 1.54) is 0 Å². The number of nitrogen functional groups attached to an aromatic ring is 2. The average Bonchev–Trinajstić information content (AvgIpc) is 2.93. The van der Waals surface area contributed by atoms with Crippen molar-refractivity contribution < 1.29 is 8.42 Å². The second-order valence-corrected chi connectivity index (χ2v) is 7.83. The molecule has 1 aliphatic rings. The van der Waals surface area contributed by atoms with Gasteiger partial charge in [-0.1, -0.05) is 0 Å². The van der Waals surface area contributed by atoms with Crippen molar-refractivity contribution in [3.63, 3.8) is 0 Å². The van der Waals surface area contributed by atoms with Crippen molar-refractivity contribution >= 4 is 21.2 Å². The van der Waals surface area contributed by atoms with Crippen molar-refractivity contribution in [2.75, 3.05) is 23.0 Å². The number of rotatable bonds is 2.